The molecule has 1 aromatic heterocycles. The van der Waals surface area contributed by atoms with Gasteiger partial charge in [-0.1, -0.05) is 18.2 Å². The van der Waals surface area contributed by atoms with E-state index in [0.29, 0.717) is 17.0 Å². The Balaban J connectivity index is 1.94. The summed E-state index contributed by atoms with van der Waals surface area (Å²) in [5.74, 6) is -0.862. The summed E-state index contributed by atoms with van der Waals surface area (Å²) in [4.78, 5) is 26.3. The van der Waals surface area contributed by atoms with Crippen molar-refractivity contribution in [2.75, 3.05) is 39.6 Å². The SMILES string of the molecule is COC(=O)C1=C(C(=O)OC)N(c2cc3oc4ccccc4c3cc2OC)COC1. The smallest absolute Gasteiger partial charge is 0.355 e. The summed E-state index contributed by atoms with van der Waals surface area (Å²) in [6.07, 6.45) is 0. The van der Waals surface area contributed by atoms with E-state index < -0.39 is 11.9 Å². The van der Waals surface area contributed by atoms with Gasteiger partial charge in [0.25, 0.3) is 0 Å². The molecule has 2 heterocycles. The van der Waals surface area contributed by atoms with E-state index in [9.17, 15) is 9.59 Å². The second-order valence-electron chi connectivity index (χ2n) is 6.33. The van der Waals surface area contributed by atoms with E-state index in [2.05, 4.69) is 0 Å². The number of carbonyl (C=O) groups excluding carboxylic acids is 2. The maximum absolute atomic E-state index is 12.5. The van der Waals surface area contributed by atoms with Crippen molar-refractivity contribution in [1.29, 1.82) is 0 Å². The van der Waals surface area contributed by atoms with Gasteiger partial charge in [-0.2, -0.15) is 0 Å². The Morgan fingerprint density at radius 2 is 1.72 bits per heavy atom. The van der Waals surface area contributed by atoms with Crippen molar-refractivity contribution in [2.45, 2.75) is 0 Å². The zero-order chi connectivity index (χ0) is 20.5. The predicted octanol–water partition coefficient (Wildman–Crippen LogP) is 2.99. The lowest BCUT2D eigenvalue weighted by molar-refractivity contribution is -0.140. The largest absolute Gasteiger partial charge is 0.495 e. The van der Waals surface area contributed by atoms with E-state index in [0.717, 1.165) is 16.4 Å². The van der Waals surface area contributed by atoms with Crippen molar-refractivity contribution in [3.63, 3.8) is 0 Å². The summed E-state index contributed by atoms with van der Waals surface area (Å²) < 4.78 is 26.8. The summed E-state index contributed by atoms with van der Waals surface area (Å²) in [7, 11) is 4.02. The summed E-state index contributed by atoms with van der Waals surface area (Å²) >= 11 is 0. The summed E-state index contributed by atoms with van der Waals surface area (Å²) in [5, 5.41) is 1.82. The average molecular weight is 397 g/mol. The molecule has 150 valence electrons. The van der Waals surface area contributed by atoms with Crippen LogP contribution in [0.5, 0.6) is 5.75 Å². The maximum atomic E-state index is 12.5. The number of carbonyl (C=O) groups is 2. The maximum Gasteiger partial charge on any atom is 0.355 e. The molecule has 1 aliphatic rings. The predicted molar refractivity (Wildman–Crippen MR) is 105 cm³/mol. The molecule has 0 radical (unpaired) electrons. The van der Waals surface area contributed by atoms with Crippen molar-refractivity contribution in [1.82, 2.24) is 0 Å². The number of esters is 2. The van der Waals surface area contributed by atoms with Gasteiger partial charge in [-0.15, -0.1) is 0 Å². The minimum Gasteiger partial charge on any atom is -0.495 e. The molecular formula is C21H19NO7. The fourth-order valence-corrected chi connectivity index (χ4v) is 3.45. The third-order valence-corrected chi connectivity index (χ3v) is 4.80. The third kappa shape index (κ3) is 3.07. The number of nitrogens with zero attached hydrogens (tertiary/aromatic N) is 1. The number of benzene rings is 2. The standard InChI is InChI=1S/C21H19NO7/c1-25-18-8-13-12-6-4-5-7-16(12)29-17(13)9-15(18)22-11-28-10-14(20(23)26-2)19(22)21(24)27-3/h4-9H,10-11H2,1-3H3. The topological polar surface area (TPSA) is 87.4 Å². The molecule has 0 fully saturated rings. The lowest BCUT2D eigenvalue weighted by Crippen LogP contribution is -2.39. The zero-order valence-electron chi connectivity index (χ0n) is 16.2. The highest BCUT2D eigenvalue weighted by molar-refractivity contribution is 6.08. The number of ether oxygens (including phenoxy) is 4. The molecule has 2 aromatic carbocycles. The molecule has 4 rings (SSSR count). The van der Waals surface area contributed by atoms with Crippen molar-refractivity contribution in [3.05, 3.63) is 47.7 Å². The van der Waals surface area contributed by atoms with Crippen LogP contribution in [0.3, 0.4) is 0 Å². The highest BCUT2D eigenvalue weighted by Gasteiger charge is 2.34. The molecule has 0 amide bonds. The molecule has 8 nitrogen and oxygen atoms in total. The van der Waals surface area contributed by atoms with Crippen LogP contribution < -0.4 is 9.64 Å². The van der Waals surface area contributed by atoms with Crippen LogP contribution in [0.1, 0.15) is 0 Å². The minimum atomic E-state index is -0.680. The first-order chi connectivity index (χ1) is 14.1. The first kappa shape index (κ1) is 18.8. The molecule has 0 N–H and O–H groups in total. The number of hydrogen-bond acceptors (Lipinski definition) is 8. The van der Waals surface area contributed by atoms with Crippen LogP contribution in [0.2, 0.25) is 0 Å². The van der Waals surface area contributed by atoms with Crippen molar-refractivity contribution in [2.24, 2.45) is 0 Å². The molecule has 3 aromatic rings. The summed E-state index contributed by atoms with van der Waals surface area (Å²) in [5.41, 5.74) is 1.95. The monoisotopic (exact) mass is 397 g/mol. The van der Waals surface area contributed by atoms with E-state index in [4.69, 9.17) is 23.4 Å². The van der Waals surface area contributed by atoms with E-state index in [-0.39, 0.29) is 24.6 Å². The molecule has 0 aliphatic carbocycles. The number of para-hydroxylation sites is 1. The number of anilines is 1. The fraction of sp³-hybridized carbons (Fsp3) is 0.238. The minimum absolute atomic E-state index is 0.0209. The van der Waals surface area contributed by atoms with Crippen molar-refractivity contribution in [3.8, 4) is 5.75 Å². The Bertz CT molecular complexity index is 1140. The number of fused-ring (bicyclic) bond motifs is 3. The molecule has 8 heteroatoms. The van der Waals surface area contributed by atoms with Gasteiger partial charge in [0.05, 0.1) is 39.2 Å². The van der Waals surface area contributed by atoms with E-state index >= 15 is 0 Å². The van der Waals surface area contributed by atoms with Crippen molar-refractivity contribution < 1.29 is 33.0 Å². The lowest BCUT2D eigenvalue weighted by atomic mass is 10.1. The second-order valence-corrected chi connectivity index (χ2v) is 6.33. The lowest BCUT2D eigenvalue weighted by Gasteiger charge is -2.32. The normalized spacial score (nSPS) is 14.4. The molecule has 1 aliphatic heterocycles. The van der Waals surface area contributed by atoms with E-state index in [1.54, 1.807) is 6.07 Å². The molecule has 29 heavy (non-hydrogen) atoms. The Morgan fingerprint density at radius 1 is 0.966 bits per heavy atom. The Hall–Kier alpha value is -3.52. The van der Waals surface area contributed by atoms with Gasteiger partial charge in [-0.25, -0.2) is 9.59 Å². The molecule has 0 spiro atoms. The van der Waals surface area contributed by atoms with E-state index in [1.807, 2.05) is 30.3 Å². The van der Waals surface area contributed by atoms with Crippen LogP contribution >= 0.6 is 0 Å². The van der Waals surface area contributed by atoms with Crippen LogP contribution in [0.25, 0.3) is 21.9 Å². The van der Waals surface area contributed by atoms with Gasteiger partial charge in [0.15, 0.2) is 0 Å². The highest BCUT2D eigenvalue weighted by atomic mass is 16.5. The van der Waals surface area contributed by atoms with Crippen LogP contribution in [-0.2, 0) is 23.8 Å². The van der Waals surface area contributed by atoms with Gasteiger partial charge in [-0.3, -0.25) is 0 Å². The molecule has 0 bridgehead atoms. The Kier molecular flexibility index (Phi) is 4.85. The van der Waals surface area contributed by atoms with Crippen LogP contribution in [0.4, 0.5) is 5.69 Å². The van der Waals surface area contributed by atoms with Crippen LogP contribution in [0.15, 0.2) is 52.1 Å². The first-order valence-corrected chi connectivity index (χ1v) is 8.83. The number of rotatable bonds is 4. The van der Waals surface area contributed by atoms with Crippen molar-refractivity contribution >= 4 is 39.6 Å². The average Bonchev–Trinajstić information content (AvgIpc) is 3.14. The van der Waals surface area contributed by atoms with Gasteiger partial charge < -0.3 is 28.3 Å². The van der Waals surface area contributed by atoms with Gasteiger partial charge in [0, 0.05) is 16.8 Å². The molecular weight excluding hydrogens is 378 g/mol. The highest BCUT2D eigenvalue weighted by Crippen LogP contribution is 2.40. The quantitative estimate of drug-likeness (QED) is 0.621. The second kappa shape index (κ2) is 7.48. The Morgan fingerprint density at radius 3 is 2.45 bits per heavy atom. The van der Waals surface area contributed by atoms with E-state index in [1.165, 1.54) is 26.2 Å². The Labute approximate surface area is 166 Å². The summed E-state index contributed by atoms with van der Waals surface area (Å²) in [6, 6.07) is 11.2. The number of furan rings is 1. The van der Waals surface area contributed by atoms with Gasteiger partial charge in [0.1, 0.15) is 29.3 Å². The molecule has 0 saturated heterocycles. The van der Waals surface area contributed by atoms with Crippen LogP contribution in [-0.4, -0.2) is 46.6 Å². The molecule has 0 atom stereocenters. The molecule has 0 saturated carbocycles. The fourth-order valence-electron chi connectivity index (χ4n) is 3.45. The van der Waals surface area contributed by atoms with Gasteiger partial charge in [-0.05, 0) is 12.1 Å². The summed E-state index contributed by atoms with van der Waals surface area (Å²) in [6.45, 7) is -0.0458. The first-order valence-electron chi connectivity index (χ1n) is 8.83. The van der Waals surface area contributed by atoms with Gasteiger partial charge in [0.2, 0.25) is 0 Å². The zero-order valence-corrected chi connectivity index (χ0v) is 16.2. The number of hydrogen-bond donors (Lipinski definition) is 0. The third-order valence-electron chi connectivity index (χ3n) is 4.80. The van der Waals surface area contributed by atoms with Crippen LogP contribution in [0, 0.1) is 0 Å². The van der Waals surface area contributed by atoms with Gasteiger partial charge >= 0.3 is 11.9 Å². The number of methoxy groups -OCH3 is 3. The molecule has 0 unspecified atom stereocenters.